The lowest BCUT2D eigenvalue weighted by Crippen LogP contribution is -2.52. The van der Waals surface area contributed by atoms with E-state index in [4.69, 9.17) is 4.74 Å². The molecule has 1 saturated heterocycles. The highest BCUT2D eigenvalue weighted by atomic mass is 16.5. The molecule has 2 N–H and O–H groups in total. The summed E-state index contributed by atoms with van der Waals surface area (Å²) in [5.74, 6) is -0.980. The first-order valence-corrected chi connectivity index (χ1v) is 5.76. The average molecular weight is 263 g/mol. The molecule has 0 radical (unpaired) electrons. The number of nitrogens with one attached hydrogen (secondary N) is 2. The predicted molar refractivity (Wildman–Crippen MR) is 64.4 cm³/mol. The fraction of sp³-hybridized carbons (Fsp3) is 0.333. The van der Waals surface area contributed by atoms with E-state index < -0.39 is 17.9 Å². The third-order valence-electron chi connectivity index (χ3n) is 2.71. The Hall–Kier alpha value is -2.44. The molecule has 3 amide bonds. The van der Waals surface area contributed by atoms with Crippen LogP contribution < -0.4 is 15.4 Å². The normalized spacial score (nSPS) is 18.7. The van der Waals surface area contributed by atoms with Gasteiger partial charge in [-0.1, -0.05) is 6.07 Å². The quantitative estimate of drug-likeness (QED) is 0.725. The molecule has 0 bridgehead atoms. The van der Waals surface area contributed by atoms with Crippen LogP contribution in [0, 0.1) is 0 Å². The Balaban J connectivity index is 2.04. The van der Waals surface area contributed by atoms with Crippen LogP contribution in [-0.4, -0.2) is 35.9 Å². The van der Waals surface area contributed by atoms with Crippen LogP contribution in [0.3, 0.4) is 0 Å². The molecular formula is C12H13N3O4. The number of carbonyl (C=O) groups excluding carboxylic acids is 3. The molecule has 1 unspecified atom stereocenters. The fourth-order valence-corrected chi connectivity index (χ4v) is 1.72. The van der Waals surface area contributed by atoms with Crippen molar-refractivity contribution in [2.24, 2.45) is 0 Å². The second kappa shape index (κ2) is 5.47. The van der Waals surface area contributed by atoms with Crippen molar-refractivity contribution in [1.82, 2.24) is 15.6 Å². The number of imide groups is 1. The first kappa shape index (κ1) is 13.0. The minimum Gasteiger partial charge on any atom is -0.481 e. The van der Waals surface area contributed by atoms with Crippen molar-refractivity contribution < 1.29 is 19.1 Å². The maximum Gasteiger partial charge on any atom is 0.270 e. The Bertz CT molecular complexity index is 529. The first-order chi connectivity index (χ1) is 9.10. The standard InChI is InChI=1S/C12H13N3O4/c1-19-10-4-2-3-7(13-10)11(17)14-8-5-6-9(16)15-12(8)18/h2-4,8H,5-6H2,1H3,(H,14,17)(H,15,16,18). The van der Waals surface area contributed by atoms with Gasteiger partial charge >= 0.3 is 0 Å². The van der Waals surface area contributed by atoms with E-state index in [-0.39, 0.29) is 18.0 Å². The molecule has 1 aromatic rings. The number of piperidine rings is 1. The Morgan fingerprint density at radius 1 is 1.47 bits per heavy atom. The number of carbonyl (C=O) groups is 3. The van der Waals surface area contributed by atoms with E-state index in [1.165, 1.54) is 13.2 Å². The van der Waals surface area contributed by atoms with Gasteiger partial charge in [0.25, 0.3) is 5.91 Å². The number of hydrogen-bond donors (Lipinski definition) is 2. The minimum absolute atomic E-state index is 0.157. The molecule has 0 saturated carbocycles. The number of aromatic nitrogens is 1. The fourth-order valence-electron chi connectivity index (χ4n) is 1.72. The molecule has 100 valence electrons. The van der Waals surface area contributed by atoms with E-state index in [0.29, 0.717) is 12.3 Å². The molecule has 1 aromatic heterocycles. The van der Waals surface area contributed by atoms with Crippen molar-refractivity contribution in [2.75, 3.05) is 7.11 Å². The van der Waals surface area contributed by atoms with Gasteiger partial charge in [0.2, 0.25) is 17.7 Å². The van der Waals surface area contributed by atoms with E-state index in [0.717, 1.165) is 0 Å². The SMILES string of the molecule is COc1cccc(C(=O)NC2CCC(=O)NC2=O)n1. The molecule has 1 aliphatic rings. The first-order valence-electron chi connectivity index (χ1n) is 5.76. The number of rotatable bonds is 3. The zero-order chi connectivity index (χ0) is 13.8. The topological polar surface area (TPSA) is 97.4 Å². The molecule has 7 heteroatoms. The van der Waals surface area contributed by atoms with Gasteiger partial charge in [0.15, 0.2) is 0 Å². The van der Waals surface area contributed by atoms with Crippen molar-refractivity contribution in [3.05, 3.63) is 23.9 Å². The smallest absolute Gasteiger partial charge is 0.270 e. The molecule has 1 atom stereocenters. The summed E-state index contributed by atoms with van der Waals surface area (Å²) in [6.07, 6.45) is 0.503. The molecule has 0 aliphatic carbocycles. The number of pyridine rings is 1. The zero-order valence-corrected chi connectivity index (χ0v) is 10.3. The monoisotopic (exact) mass is 263 g/mol. The Morgan fingerprint density at radius 3 is 2.95 bits per heavy atom. The Labute approximate surface area is 109 Å². The highest BCUT2D eigenvalue weighted by Gasteiger charge is 2.28. The summed E-state index contributed by atoms with van der Waals surface area (Å²) in [4.78, 5) is 38.4. The lowest BCUT2D eigenvalue weighted by atomic mass is 10.1. The van der Waals surface area contributed by atoms with Gasteiger partial charge in [-0.15, -0.1) is 0 Å². The van der Waals surface area contributed by atoms with Crippen LogP contribution in [0.2, 0.25) is 0 Å². The summed E-state index contributed by atoms with van der Waals surface area (Å²) in [5.41, 5.74) is 0.157. The van der Waals surface area contributed by atoms with Crippen LogP contribution in [0.15, 0.2) is 18.2 Å². The number of methoxy groups -OCH3 is 1. The van der Waals surface area contributed by atoms with Gasteiger partial charge < -0.3 is 10.1 Å². The lowest BCUT2D eigenvalue weighted by Gasteiger charge is -2.21. The van der Waals surface area contributed by atoms with Crippen LogP contribution in [0.5, 0.6) is 5.88 Å². The summed E-state index contributed by atoms with van der Waals surface area (Å²) in [5, 5.41) is 4.71. The van der Waals surface area contributed by atoms with Gasteiger partial charge in [0.1, 0.15) is 11.7 Å². The molecule has 0 spiro atoms. The van der Waals surface area contributed by atoms with Gasteiger partial charge in [-0.2, -0.15) is 0 Å². The maximum absolute atomic E-state index is 11.9. The van der Waals surface area contributed by atoms with Crippen LogP contribution >= 0.6 is 0 Å². The molecule has 1 fully saturated rings. The predicted octanol–water partition coefficient (Wildman–Crippen LogP) is -0.375. The zero-order valence-electron chi connectivity index (χ0n) is 10.3. The van der Waals surface area contributed by atoms with Crippen molar-refractivity contribution in [2.45, 2.75) is 18.9 Å². The maximum atomic E-state index is 11.9. The molecule has 19 heavy (non-hydrogen) atoms. The number of ether oxygens (including phenoxy) is 1. The average Bonchev–Trinajstić information content (AvgIpc) is 2.42. The van der Waals surface area contributed by atoms with Crippen LogP contribution in [0.1, 0.15) is 23.3 Å². The molecule has 7 nitrogen and oxygen atoms in total. The summed E-state index contributed by atoms with van der Waals surface area (Å²) in [6, 6.07) is 4.05. The van der Waals surface area contributed by atoms with E-state index in [1.807, 2.05) is 0 Å². The lowest BCUT2D eigenvalue weighted by molar-refractivity contribution is -0.134. The largest absolute Gasteiger partial charge is 0.481 e. The van der Waals surface area contributed by atoms with Crippen LogP contribution in [0.4, 0.5) is 0 Å². The highest BCUT2D eigenvalue weighted by Crippen LogP contribution is 2.09. The molecular weight excluding hydrogens is 250 g/mol. The Morgan fingerprint density at radius 2 is 2.26 bits per heavy atom. The van der Waals surface area contributed by atoms with E-state index in [2.05, 4.69) is 15.6 Å². The van der Waals surface area contributed by atoms with Crippen molar-refractivity contribution in [3.63, 3.8) is 0 Å². The molecule has 1 aliphatic heterocycles. The molecule has 0 aromatic carbocycles. The number of nitrogens with zero attached hydrogens (tertiary/aromatic N) is 1. The third kappa shape index (κ3) is 3.06. The summed E-state index contributed by atoms with van der Waals surface area (Å²) in [7, 11) is 1.45. The van der Waals surface area contributed by atoms with Crippen molar-refractivity contribution in [3.8, 4) is 5.88 Å². The number of hydrogen-bond acceptors (Lipinski definition) is 5. The summed E-state index contributed by atoms with van der Waals surface area (Å²) < 4.78 is 4.92. The highest BCUT2D eigenvalue weighted by molar-refractivity contribution is 6.03. The van der Waals surface area contributed by atoms with Crippen LogP contribution in [0.25, 0.3) is 0 Å². The van der Waals surface area contributed by atoms with Crippen molar-refractivity contribution >= 4 is 17.7 Å². The third-order valence-corrected chi connectivity index (χ3v) is 2.71. The van der Waals surface area contributed by atoms with Gasteiger partial charge in [0, 0.05) is 12.5 Å². The second-order valence-electron chi connectivity index (χ2n) is 4.04. The Kier molecular flexibility index (Phi) is 3.74. The second-order valence-corrected chi connectivity index (χ2v) is 4.04. The van der Waals surface area contributed by atoms with Crippen LogP contribution in [-0.2, 0) is 9.59 Å². The summed E-state index contributed by atoms with van der Waals surface area (Å²) >= 11 is 0. The van der Waals surface area contributed by atoms with E-state index in [1.54, 1.807) is 12.1 Å². The van der Waals surface area contributed by atoms with Gasteiger partial charge in [-0.3, -0.25) is 19.7 Å². The van der Waals surface area contributed by atoms with E-state index in [9.17, 15) is 14.4 Å². The molecule has 2 rings (SSSR count). The van der Waals surface area contributed by atoms with E-state index >= 15 is 0 Å². The van der Waals surface area contributed by atoms with Gasteiger partial charge in [-0.05, 0) is 12.5 Å². The molecule has 2 heterocycles. The minimum atomic E-state index is -0.710. The van der Waals surface area contributed by atoms with Gasteiger partial charge in [-0.25, -0.2) is 4.98 Å². The number of amides is 3. The summed E-state index contributed by atoms with van der Waals surface area (Å²) in [6.45, 7) is 0. The van der Waals surface area contributed by atoms with Crippen molar-refractivity contribution in [1.29, 1.82) is 0 Å². The van der Waals surface area contributed by atoms with Gasteiger partial charge in [0.05, 0.1) is 7.11 Å².